The van der Waals surface area contributed by atoms with Crippen molar-refractivity contribution >= 4 is 42.5 Å². The van der Waals surface area contributed by atoms with Gasteiger partial charge in [0.05, 0.1) is 15.1 Å². The van der Waals surface area contributed by atoms with E-state index in [1.807, 2.05) is 36.4 Å². The van der Waals surface area contributed by atoms with E-state index >= 15 is 0 Å². The lowest BCUT2D eigenvalue weighted by Gasteiger charge is -2.06. The first-order valence-electron chi connectivity index (χ1n) is 8.68. The van der Waals surface area contributed by atoms with E-state index in [0.29, 0.717) is 22.6 Å². The van der Waals surface area contributed by atoms with Crippen LogP contribution in [0.4, 0.5) is 5.13 Å². The monoisotopic (exact) mass is 424 g/mol. The van der Waals surface area contributed by atoms with Crippen LogP contribution in [0, 0.1) is 0 Å². The Kier molecular flexibility index (Phi) is 5.04. The number of hydrogen-bond donors (Lipinski definition) is 1. The Morgan fingerprint density at radius 2 is 1.76 bits per heavy atom. The SMILES string of the molecule is CC(=O)c1cccc(S(=O)(=O)Nc2nc3ccc(Oc4ccccc4)cc3s2)c1. The predicted octanol–water partition coefficient (Wildman–Crippen LogP) is 5.09. The van der Waals surface area contributed by atoms with Crippen LogP contribution in [-0.4, -0.2) is 19.2 Å². The summed E-state index contributed by atoms with van der Waals surface area (Å²) in [5, 5.41) is 0.241. The number of aromatic nitrogens is 1. The van der Waals surface area contributed by atoms with Gasteiger partial charge in [0, 0.05) is 11.6 Å². The molecule has 0 saturated carbocycles. The zero-order chi connectivity index (χ0) is 20.4. The number of anilines is 1. The van der Waals surface area contributed by atoms with Crippen molar-refractivity contribution in [2.45, 2.75) is 11.8 Å². The number of nitrogens with zero attached hydrogens (tertiary/aromatic N) is 1. The average Bonchev–Trinajstić information content (AvgIpc) is 3.09. The Balaban J connectivity index is 1.59. The first-order valence-corrected chi connectivity index (χ1v) is 11.0. The molecule has 1 aromatic heterocycles. The van der Waals surface area contributed by atoms with E-state index in [-0.39, 0.29) is 15.8 Å². The maximum Gasteiger partial charge on any atom is 0.263 e. The number of thiazole rings is 1. The third-order valence-corrected chi connectivity index (χ3v) is 6.51. The highest BCUT2D eigenvalue weighted by molar-refractivity contribution is 7.93. The van der Waals surface area contributed by atoms with Gasteiger partial charge in [-0.05, 0) is 43.3 Å². The lowest BCUT2D eigenvalue weighted by atomic mass is 10.2. The number of para-hydroxylation sites is 1. The molecular weight excluding hydrogens is 408 g/mol. The van der Waals surface area contributed by atoms with E-state index in [1.54, 1.807) is 18.2 Å². The van der Waals surface area contributed by atoms with Gasteiger partial charge >= 0.3 is 0 Å². The fourth-order valence-corrected chi connectivity index (χ4v) is 4.87. The number of Topliss-reactive ketones (excluding diaryl/α,β-unsaturated/α-hetero) is 1. The van der Waals surface area contributed by atoms with E-state index in [1.165, 1.54) is 36.5 Å². The Morgan fingerprint density at radius 3 is 2.52 bits per heavy atom. The zero-order valence-corrected chi connectivity index (χ0v) is 17.0. The van der Waals surface area contributed by atoms with Gasteiger partial charge in [0.2, 0.25) is 0 Å². The summed E-state index contributed by atoms with van der Waals surface area (Å²) >= 11 is 1.21. The summed E-state index contributed by atoms with van der Waals surface area (Å²) in [4.78, 5) is 15.9. The number of rotatable bonds is 6. The highest BCUT2D eigenvalue weighted by Crippen LogP contribution is 2.32. The molecule has 0 radical (unpaired) electrons. The molecule has 1 heterocycles. The average molecular weight is 425 g/mol. The molecule has 4 aromatic rings. The van der Waals surface area contributed by atoms with Crippen LogP contribution in [0.1, 0.15) is 17.3 Å². The quantitative estimate of drug-likeness (QED) is 0.436. The number of ether oxygens (including phenoxy) is 1. The van der Waals surface area contributed by atoms with Crippen molar-refractivity contribution in [2.24, 2.45) is 0 Å². The smallest absolute Gasteiger partial charge is 0.263 e. The molecule has 146 valence electrons. The molecule has 0 aliphatic heterocycles. The summed E-state index contributed by atoms with van der Waals surface area (Å²) in [7, 11) is -3.86. The number of hydrogen-bond acceptors (Lipinski definition) is 6. The largest absolute Gasteiger partial charge is 0.457 e. The normalized spacial score (nSPS) is 11.3. The zero-order valence-electron chi connectivity index (χ0n) is 15.3. The van der Waals surface area contributed by atoms with Gasteiger partial charge in [0.25, 0.3) is 10.0 Å². The van der Waals surface area contributed by atoms with Crippen LogP contribution in [0.2, 0.25) is 0 Å². The minimum Gasteiger partial charge on any atom is -0.457 e. The molecule has 0 saturated heterocycles. The van der Waals surface area contributed by atoms with Crippen molar-refractivity contribution in [2.75, 3.05) is 4.72 Å². The van der Waals surface area contributed by atoms with Crippen LogP contribution < -0.4 is 9.46 Å². The topological polar surface area (TPSA) is 85.4 Å². The summed E-state index contributed by atoms with van der Waals surface area (Å²) in [6.07, 6.45) is 0. The van der Waals surface area contributed by atoms with Gasteiger partial charge in [0.15, 0.2) is 10.9 Å². The van der Waals surface area contributed by atoms with E-state index in [2.05, 4.69) is 9.71 Å². The molecule has 0 amide bonds. The van der Waals surface area contributed by atoms with Gasteiger partial charge in [-0.2, -0.15) is 0 Å². The molecule has 3 aromatic carbocycles. The molecule has 0 bridgehead atoms. The Bertz CT molecular complexity index is 1300. The van der Waals surface area contributed by atoms with Gasteiger partial charge in [-0.3, -0.25) is 9.52 Å². The number of nitrogens with one attached hydrogen (secondary N) is 1. The summed E-state index contributed by atoms with van der Waals surface area (Å²) in [5.41, 5.74) is 0.991. The molecule has 0 aliphatic rings. The standard InChI is InChI=1S/C21H16N2O4S2/c1-14(24)15-6-5-9-18(12-15)29(25,26)23-21-22-19-11-10-17(13-20(19)28-21)27-16-7-3-2-4-8-16/h2-13H,1H3,(H,22,23). The van der Waals surface area contributed by atoms with E-state index in [0.717, 1.165) is 4.70 Å². The van der Waals surface area contributed by atoms with Crippen molar-refractivity contribution < 1.29 is 17.9 Å². The molecule has 0 fully saturated rings. The van der Waals surface area contributed by atoms with Crippen molar-refractivity contribution in [1.29, 1.82) is 0 Å². The first kappa shape index (κ1) is 19.1. The second-order valence-electron chi connectivity index (χ2n) is 6.25. The fraction of sp³-hybridized carbons (Fsp3) is 0.0476. The number of carbonyl (C=O) groups excluding carboxylic acids is 1. The van der Waals surface area contributed by atoms with Crippen molar-refractivity contribution in [3.63, 3.8) is 0 Å². The minimum absolute atomic E-state index is 0.0116. The second kappa shape index (κ2) is 7.65. The lowest BCUT2D eigenvalue weighted by Crippen LogP contribution is -2.13. The summed E-state index contributed by atoms with van der Waals surface area (Å²) in [6, 6.07) is 20.7. The molecule has 6 nitrogen and oxygen atoms in total. The van der Waals surface area contributed by atoms with Gasteiger partial charge in [-0.25, -0.2) is 13.4 Å². The van der Waals surface area contributed by atoms with E-state index in [4.69, 9.17) is 4.74 Å². The summed E-state index contributed by atoms with van der Waals surface area (Å²) in [6.45, 7) is 1.39. The van der Waals surface area contributed by atoms with Crippen LogP contribution in [0.15, 0.2) is 77.7 Å². The van der Waals surface area contributed by atoms with Crippen LogP contribution in [0.25, 0.3) is 10.2 Å². The number of sulfonamides is 1. The number of benzene rings is 3. The third-order valence-electron chi connectivity index (χ3n) is 4.11. The number of fused-ring (bicyclic) bond motifs is 1. The molecular formula is C21H16N2O4S2. The van der Waals surface area contributed by atoms with E-state index in [9.17, 15) is 13.2 Å². The van der Waals surface area contributed by atoms with Gasteiger partial charge < -0.3 is 4.74 Å². The van der Waals surface area contributed by atoms with Crippen molar-refractivity contribution in [1.82, 2.24) is 4.98 Å². The molecule has 1 N–H and O–H groups in total. The van der Waals surface area contributed by atoms with Crippen LogP contribution in [0.3, 0.4) is 0 Å². The number of ketones is 1. The van der Waals surface area contributed by atoms with Gasteiger partial charge in [0.1, 0.15) is 11.5 Å². The van der Waals surface area contributed by atoms with Crippen molar-refractivity contribution in [3.05, 3.63) is 78.4 Å². The second-order valence-corrected chi connectivity index (χ2v) is 8.97. The van der Waals surface area contributed by atoms with Gasteiger partial charge in [-0.1, -0.05) is 41.7 Å². The number of carbonyl (C=O) groups is 1. The Labute approximate surface area is 171 Å². The molecule has 0 atom stereocenters. The highest BCUT2D eigenvalue weighted by Gasteiger charge is 2.18. The maximum atomic E-state index is 12.7. The fourth-order valence-electron chi connectivity index (χ4n) is 2.69. The molecule has 8 heteroatoms. The lowest BCUT2D eigenvalue weighted by molar-refractivity contribution is 0.101. The van der Waals surface area contributed by atoms with Crippen LogP contribution in [-0.2, 0) is 10.0 Å². The Morgan fingerprint density at radius 1 is 0.966 bits per heavy atom. The van der Waals surface area contributed by atoms with Gasteiger partial charge in [-0.15, -0.1) is 0 Å². The first-order chi connectivity index (χ1) is 13.9. The Hall–Kier alpha value is -3.23. The third kappa shape index (κ3) is 4.28. The molecule has 29 heavy (non-hydrogen) atoms. The van der Waals surface area contributed by atoms with Crippen molar-refractivity contribution in [3.8, 4) is 11.5 Å². The van der Waals surface area contributed by atoms with Crippen LogP contribution >= 0.6 is 11.3 Å². The molecule has 0 spiro atoms. The van der Waals surface area contributed by atoms with Crippen LogP contribution in [0.5, 0.6) is 11.5 Å². The molecule has 0 aliphatic carbocycles. The maximum absolute atomic E-state index is 12.7. The summed E-state index contributed by atoms with van der Waals surface area (Å²) < 4.78 is 34.4. The summed E-state index contributed by atoms with van der Waals surface area (Å²) in [5.74, 6) is 1.14. The molecule has 4 rings (SSSR count). The van der Waals surface area contributed by atoms with E-state index < -0.39 is 10.0 Å². The molecule has 0 unspecified atom stereocenters. The predicted molar refractivity (Wildman–Crippen MR) is 113 cm³/mol. The highest BCUT2D eigenvalue weighted by atomic mass is 32.2. The minimum atomic E-state index is -3.86.